The monoisotopic (exact) mass is 411 g/mol. The number of hydrogen-bond acceptors (Lipinski definition) is 6. The molecule has 6 nitrogen and oxygen atoms in total. The third-order valence-electron chi connectivity index (χ3n) is 8.88. The summed E-state index contributed by atoms with van der Waals surface area (Å²) in [6.45, 7) is 8.08. The van der Waals surface area contributed by atoms with E-state index in [2.05, 4.69) is 27.8 Å². The number of hydrogen-bond donors (Lipinski definition) is 0. The van der Waals surface area contributed by atoms with Gasteiger partial charge in [-0.25, -0.2) is 4.98 Å². The van der Waals surface area contributed by atoms with Crippen LogP contribution >= 0.6 is 0 Å². The van der Waals surface area contributed by atoms with Gasteiger partial charge < -0.3 is 14.4 Å². The third kappa shape index (κ3) is 3.06. The summed E-state index contributed by atoms with van der Waals surface area (Å²) in [7, 11) is 0. The van der Waals surface area contributed by atoms with Crippen LogP contribution < -0.4 is 4.90 Å². The summed E-state index contributed by atoms with van der Waals surface area (Å²) in [4.78, 5) is 22.2. The second-order valence-corrected chi connectivity index (χ2v) is 10.6. The molecule has 5 fully saturated rings. The van der Waals surface area contributed by atoms with Crippen LogP contribution in [0.4, 0.5) is 5.82 Å². The summed E-state index contributed by atoms with van der Waals surface area (Å²) in [5, 5.41) is 0. The highest BCUT2D eigenvalue weighted by Gasteiger charge is 2.65. The number of pyridine rings is 1. The standard InChI is InChI=1S/C24H33N3O3/c1-23-6-4-7-24(16-29-24)20(23)13-17-18(22(28)30-19(17)14-23)15-26-9-11-27(12-10-26)21-5-2-3-8-25-21/h2-3,5,8,17-20H,4,6-7,9-16H2,1H3/t17-,18+,19+,20+,23+,24-/m0/s1. The molecule has 3 aliphatic heterocycles. The highest BCUT2D eigenvalue weighted by molar-refractivity contribution is 5.75. The highest BCUT2D eigenvalue weighted by atomic mass is 16.6. The van der Waals surface area contributed by atoms with Crippen LogP contribution in [0.3, 0.4) is 0 Å². The normalized spacial score (nSPS) is 43.2. The van der Waals surface area contributed by atoms with Crippen molar-refractivity contribution in [2.75, 3.05) is 44.2 Å². The Balaban J connectivity index is 1.12. The van der Waals surface area contributed by atoms with Crippen molar-refractivity contribution in [1.29, 1.82) is 0 Å². The second-order valence-electron chi connectivity index (χ2n) is 10.6. The molecular formula is C24H33N3O3. The maximum absolute atomic E-state index is 12.9. The average Bonchev–Trinajstić information content (AvgIpc) is 3.46. The smallest absolute Gasteiger partial charge is 0.310 e. The van der Waals surface area contributed by atoms with Crippen molar-refractivity contribution in [1.82, 2.24) is 9.88 Å². The van der Waals surface area contributed by atoms with Crippen LogP contribution in [-0.4, -0.2) is 66.9 Å². The van der Waals surface area contributed by atoms with E-state index < -0.39 is 0 Å². The Morgan fingerprint density at radius 2 is 2.03 bits per heavy atom. The lowest BCUT2D eigenvalue weighted by Gasteiger charge is -2.51. The molecule has 2 saturated carbocycles. The van der Waals surface area contributed by atoms with Gasteiger partial charge in [-0.2, -0.15) is 0 Å². The molecule has 3 saturated heterocycles. The molecule has 1 aromatic rings. The topological polar surface area (TPSA) is 58.2 Å². The summed E-state index contributed by atoms with van der Waals surface area (Å²) >= 11 is 0. The van der Waals surface area contributed by atoms with Crippen molar-refractivity contribution in [2.45, 2.75) is 50.7 Å². The number of ether oxygens (including phenoxy) is 2. The Hall–Kier alpha value is -1.66. The molecule has 1 aromatic heterocycles. The van der Waals surface area contributed by atoms with Crippen molar-refractivity contribution in [2.24, 2.45) is 23.2 Å². The molecule has 6 atom stereocenters. The summed E-state index contributed by atoms with van der Waals surface area (Å²) in [6.07, 6.45) is 7.82. The van der Waals surface area contributed by atoms with Crippen molar-refractivity contribution >= 4 is 11.8 Å². The van der Waals surface area contributed by atoms with E-state index in [1.54, 1.807) is 0 Å². The molecule has 0 aromatic carbocycles. The van der Waals surface area contributed by atoms with Crippen molar-refractivity contribution in [3.63, 3.8) is 0 Å². The Labute approximate surface area is 178 Å². The molecule has 30 heavy (non-hydrogen) atoms. The quantitative estimate of drug-likeness (QED) is 0.563. The lowest BCUT2D eigenvalue weighted by atomic mass is 9.53. The molecule has 4 heterocycles. The van der Waals surface area contributed by atoms with E-state index in [1.807, 2.05) is 18.3 Å². The predicted molar refractivity (Wildman–Crippen MR) is 113 cm³/mol. The van der Waals surface area contributed by atoms with Gasteiger partial charge in [0.05, 0.1) is 18.1 Å². The summed E-state index contributed by atoms with van der Waals surface area (Å²) in [6, 6.07) is 6.08. The number of piperazine rings is 1. The molecule has 0 N–H and O–H groups in total. The van der Waals surface area contributed by atoms with Crippen LogP contribution in [0, 0.1) is 23.2 Å². The van der Waals surface area contributed by atoms with Gasteiger partial charge in [0.1, 0.15) is 11.9 Å². The number of esters is 1. The van der Waals surface area contributed by atoms with Gasteiger partial charge in [-0.15, -0.1) is 0 Å². The van der Waals surface area contributed by atoms with Gasteiger partial charge in [0.25, 0.3) is 0 Å². The van der Waals surface area contributed by atoms with Gasteiger partial charge >= 0.3 is 5.97 Å². The minimum absolute atomic E-state index is 0.0266. The minimum Gasteiger partial charge on any atom is -0.462 e. The Morgan fingerprint density at radius 3 is 2.77 bits per heavy atom. The Morgan fingerprint density at radius 1 is 1.20 bits per heavy atom. The fourth-order valence-electron chi connectivity index (χ4n) is 7.14. The molecule has 0 amide bonds. The van der Waals surface area contributed by atoms with Gasteiger partial charge in [0.2, 0.25) is 0 Å². The highest BCUT2D eigenvalue weighted by Crippen LogP contribution is 2.62. The molecule has 0 bridgehead atoms. The van der Waals surface area contributed by atoms with Gasteiger partial charge in [0.15, 0.2) is 0 Å². The summed E-state index contributed by atoms with van der Waals surface area (Å²) in [5.41, 5.74) is 0.405. The first kappa shape index (κ1) is 19.1. The van der Waals surface area contributed by atoms with E-state index >= 15 is 0 Å². The van der Waals surface area contributed by atoms with Gasteiger partial charge in [0, 0.05) is 44.8 Å². The average molecular weight is 412 g/mol. The number of nitrogens with zero attached hydrogens (tertiary/aromatic N) is 3. The number of anilines is 1. The van der Waals surface area contributed by atoms with E-state index in [9.17, 15) is 4.79 Å². The molecule has 0 radical (unpaired) electrons. The summed E-state index contributed by atoms with van der Waals surface area (Å²) in [5.74, 6) is 2.08. The predicted octanol–water partition coefficient (Wildman–Crippen LogP) is 2.73. The number of carbonyl (C=O) groups is 1. The molecule has 162 valence electrons. The van der Waals surface area contributed by atoms with Gasteiger partial charge in [-0.3, -0.25) is 9.69 Å². The fourth-order valence-corrected chi connectivity index (χ4v) is 7.14. The van der Waals surface area contributed by atoms with E-state index in [-0.39, 0.29) is 29.0 Å². The molecule has 1 spiro atoms. The van der Waals surface area contributed by atoms with Gasteiger partial charge in [-0.05, 0) is 55.6 Å². The van der Waals surface area contributed by atoms with Crippen LogP contribution in [0.25, 0.3) is 0 Å². The van der Waals surface area contributed by atoms with Crippen LogP contribution in [0.5, 0.6) is 0 Å². The van der Waals surface area contributed by atoms with Crippen LogP contribution in [0.15, 0.2) is 24.4 Å². The fraction of sp³-hybridized carbons (Fsp3) is 0.750. The van der Waals surface area contributed by atoms with E-state index in [0.717, 1.165) is 58.0 Å². The first-order chi connectivity index (χ1) is 14.6. The zero-order chi connectivity index (χ0) is 20.3. The van der Waals surface area contributed by atoms with Crippen LogP contribution in [0.1, 0.15) is 39.0 Å². The number of epoxide rings is 1. The number of rotatable bonds is 3. The molecule has 6 heteroatoms. The Kier molecular flexibility index (Phi) is 4.40. The maximum Gasteiger partial charge on any atom is 0.310 e. The molecule has 6 rings (SSSR count). The minimum atomic E-state index is 0.0266. The molecular weight excluding hydrogens is 378 g/mol. The Bertz CT molecular complexity index is 805. The van der Waals surface area contributed by atoms with E-state index in [1.165, 1.54) is 19.3 Å². The second kappa shape index (κ2) is 6.92. The number of aromatic nitrogens is 1. The lowest BCUT2D eigenvalue weighted by Crippen LogP contribution is -2.52. The van der Waals surface area contributed by atoms with Crippen molar-refractivity contribution < 1.29 is 14.3 Å². The lowest BCUT2D eigenvalue weighted by molar-refractivity contribution is -0.147. The van der Waals surface area contributed by atoms with E-state index in [0.29, 0.717) is 11.8 Å². The van der Waals surface area contributed by atoms with Crippen LogP contribution in [-0.2, 0) is 14.3 Å². The molecule has 5 aliphatic rings. The zero-order valence-electron chi connectivity index (χ0n) is 18.0. The van der Waals surface area contributed by atoms with Crippen molar-refractivity contribution in [3.8, 4) is 0 Å². The van der Waals surface area contributed by atoms with Crippen molar-refractivity contribution in [3.05, 3.63) is 24.4 Å². The first-order valence-electron chi connectivity index (χ1n) is 11.8. The molecule has 0 unspecified atom stereocenters. The van der Waals surface area contributed by atoms with E-state index in [4.69, 9.17) is 9.47 Å². The third-order valence-corrected chi connectivity index (χ3v) is 8.88. The molecule has 2 aliphatic carbocycles. The number of fused-ring (bicyclic) bond motifs is 3. The zero-order valence-corrected chi connectivity index (χ0v) is 18.0. The maximum atomic E-state index is 12.9. The SMILES string of the molecule is C[C@]12CCC[C@]3(CO3)[C@@H]1C[C@@H]1[C@@H](C2)OC(=O)[C@@H]1CN1CCN(c2ccccn2)CC1. The first-order valence-corrected chi connectivity index (χ1v) is 11.8. The summed E-state index contributed by atoms with van der Waals surface area (Å²) < 4.78 is 12.0. The van der Waals surface area contributed by atoms with Crippen LogP contribution in [0.2, 0.25) is 0 Å². The number of carbonyl (C=O) groups excluding carboxylic acids is 1. The van der Waals surface area contributed by atoms with Gasteiger partial charge in [-0.1, -0.05) is 13.0 Å². The largest absolute Gasteiger partial charge is 0.462 e.